The lowest BCUT2D eigenvalue weighted by Gasteiger charge is -2.58. The molecule has 1 N–H and O–H groups in total. The maximum absolute atomic E-state index is 13.6. The molecule has 0 heterocycles. The van der Waals surface area contributed by atoms with Crippen LogP contribution in [0.1, 0.15) is 66.7 Å². The summed E-state index contributed by atoms with van der Waals surface area (Å²) in [7, 11) is 0. The number of allylic oxidation sites excluding steroid dienone is 2. The lowest BCUT2D eigenvalue weighted by Crippen LogP contribution is -2.62. The van der Waals surface area contributed by atoms with Gasteiger partial charge < -0.3 is 9.84 Å². The molecule has 4 rings (SSSR count). The van der Waals surface area contributed by atoms with E-state index in [1.54, 1.807) is 6.08 Å². The molecule has 0 radical (unpaired) electrons. The number of hydrogen-bond acceptors (Lipinski definition) is 6. The summed E-state index contributed by atoms with van der Waals surface area (Å²) in [4.78, 5) is 50.1. The molecule has 164 valence electrons. The molecule has 6 nitrogen and oxygen atoms in total. The smallest absolute Gasteiger partial charge is 0.308 e. The first-order valence-corrected chi connectivity index (χ1v) is 11.1. The molecule has 0 bridgehead atoms. The summed E-state index contributed by atoms with van der Waals surface area (Å²) in [6.07, 6.45) is 4.49. The molecule has 0 aromatic heterocycles. The predicted octanol–water partition coefficient (Wildman–Crippen LogP) is 3.01. The monoisotopic (exact) mass is 416 g/mol. The Morgan fingerprint density at radius 3 is 2.43 bits per heavy atom. The summed E-state index contributed by atoms with van der Waals surface area (Å²) in [6, 6.07) is 0. The van der Waals surface area contributed by atoms with Crippen LogP contribution in [0.3, 0.4) is 0 Å². The van der Waals surface area contributed by atoms with Gasteiger partial charge in [-0.1, -0.05) is 20.8 Å². The third-order valence-electron chi connectivity index (χ3n) is 9.18. The molecule has 0 saturated heterocycles. The van der Waals surface area contributed by atoms with Crippen molar-refractivity contribution in [3.05, 3.63) is 11.8 Å². The Labute approximate surface area is 177 Å². The Morgan fingerprint density at radius 1 is 1.17 bits per heavy atom. The molecule has 4 aliphatic carbocycles. The first-order chi connectivity index (χ1) is 13.9. The fourth-order valence-corrected chi connectivity index (χ4v) is 7.86. The van der Waals surface area contributed by atoms with E-state index in [0.717, 1.165) is 12.8 Å². The molecule has 0 amide bonds. The SMILES string of the molecule is CC(=O)OC1=C[C@@]2(C)C(CC[C@@H]3[C@@H]2C(=O)C[C@@]2(C)[C@H]3C[C@@H](C)[C@]2(O)C(C)=O)CC1=O. The molecular weight excluding hydrogens is 384 g/mol. The largest absolute Gasteiger partial charge is 0.423 e. The number of aliphatic hydroxyl groups is 1. The van der Waals surface area contributed by atoms with Crippen LogP contribution in [0.5, 0.6) is 0 Å². The average Bonchev–Trinajstić information content (AvgIpc) is 2.83. The van der Waals surface area contributed by atoms with Gasteiger partial charge in [0, 0.05) is 36.5 Å². The molecule has 0 aliphatic heterocycles. The molecule has 3 fully saturated rings. The predicted molar refractivity (Wildman–Crippen MR) is 108 cm³/mol. The van der Waals surface area contributed by atoms with E-state index in [9.17, 15) is 24.3 Å². The highest BCUT2D eigenvalue weighted by Gasteiger charge is 2.70. The fourth-order valence-electron chi connectivity index (χ4n) is 7.86. The average molecular weight is 417 g/mol. The second-order valence-electron chi connectivity index (χ2n) is 10.6. The summed E-state index contributed by atoms with van der Waals surface area (Å²) in [5.74, 6) is -1.24. The van der Waals surface area contributed by atoms with Gasteiger partial charge in [-0.05, 0) is 55.9 Å². The number of hydrogen-bond donors (Lipinski definition) is 1. The van der Waals surface area contributed by atoms with Gasteiger partial charge in [-0.15, -0.1) is 0 Å². The lowest BCUT2D eigenvalue weighted by atomic mass is 9.45. The van der Waals surface area contributed by atoms with Crippen LogP contribution in [0.4, 0.5) is 0 Å². The zero-order valence-corrected chi connectivity index (χ0v) is 18.5. The first kappa shape index (κ1) is 21.4. The van der Waals surface area contributed by atoms with E-state index in [-0.39, 0.29) is 65.5 Å². The molecule has 3 saturated carbocycles. The van der Waals surface area contributed by atoms with Crippen molar-refractivity contribution in [1.82, 2.24) is 0 Å². The standard InChI is InChI=1S/C24H32O6/c1-12-8-17-16-7-6-15-9-18(27)20(30-14(3)26)11-22(15,4)21(16)19(28)10-23(17,5)24(12,29)13(2)25/h11-12,15-17,21,29H,6-10H2,1-5H3/t12-,15?,16+,17+,21-,22+,23+,24+/m1/s1. The van der Waals surface area contributed by atoms with Crippen molar-refractivity contribution in [3.63, 3.8) is 0 Å². The van der Waals surface area contributed by atoms with Crippen molar-refractivity contribution in [2.45, 2.75) is 72.3 Å². The molecule has 8 atom stereocenters. The Kier molecular flexibility index (Phi) is 4.70. The third-order valence-corrected chi connectivity index (χ3v) is 9.18. The van der Waals surface area contributed by atoms with Crippen LogP contribution < -0.4 is 0 Å². The number of esters is 1. The van der Waals surface area contributed by atoms with Crippen molar-refractivity contribution in [3.8, 4) is 0 Å². The van der Waals surface area contributed by atoms with Gasteiger partial charge in [0.25, 0.3) is 0 Å². The molecule has 30 heavy (non-hydrogen) atoms. The maximum Gasteiger partial charge on any atom is 0.308 e. The minimum atomic E-state index is -1.49. The van der Waals surface area contributed by atoms with E-state index >= 15 is 0 Å². The Hall–Kier alpha value is -1.82. The van der Waals surface area contributed by atoms with Crippen LogP contribution in [0.15, 0.2) is 11.8 Å². The molecule has 0 aromatic rings. The van der Waals surface area contributed by atoms with Crippen molar-refractivity contribution < 1.29 is 29.0 Å². The molecular formula is C24H32O6. The Balaban J connectivity index is 1.78. The Morgan fingerprint density at radius 2 is 1.83 bits per heavy atom. The van der Waals surface area contributed by atoms with Gasteiger partial charge in [-0.3, -0.25) is 19.2 Å². The zero-order chi connectivity index (χ0) is 22.2. The van der Waals surface area contributed by atoms with Crippen LogP contribution in [-0.2, 0) is 23.9 Å². The van der Waals surface area contributed by atoms with Gasteiger partial charge in [0.15, 0.2) is 17.3 Å². The normalized spacial score (nSPS) is 47.7. The van der Waals surface area contributed by atoms with E-state index in [4.69, 9.17) is 4.74 Å². The van der Waals surface area contributed by atoms with Crippen molar-refractivity contribution in [1.29, 1.82) is 0 Å². The molecule has 1 unspecified atom stereocenters. The van der Waals surface area contributed by atoms with E-state index in [1.165, 1.54) is 13.8 Å². The first-order valence-electron chi connectivity index (χ1n) is 11.1. The van der Waals surface area contributed by atoms with Crippen molar-refractivity contribution >= 4 is 23.3 Å². The number of ether oxygens (including phenoxy) is 1. The number of Topliss-reactive ketones (excluding diaryl/α,β-unsaturated/α-hetero) is 3. The maximum atomic E-state index is 13.6. The van der Waals surface area contributed by atoms with Gasteiger partial charge in [-0.2, -0.15) is 0 Å². The number of carbonyl (C=O) groups excluding carboxylic acids is 4. The van der Waals surface area contributed by atoms with Crippen LogP contribution in [0.25, 0.3) is 0 Å². The molecule has 6 heteroatoms. The van der Waals surface area contributed by atoms with Crippen molar-refractivity contribution in [2.24, 2.45) is 40.4 Å². The molecule has 4 aliphatic rings. The zero-order valence-electron chi connectivity index (χ0n) is 18.5. The van der Waals surface area contributed by atoms with Gasteiger partial charge in [-0.25, -0.2) is 0 Å². The second kappa shape index (κ2) is 6.59. The minimum Gasteiger partial charge on any atom is -0.423 e. The quantitative estimate of drug-likeness (QED) is 0.695. The number of rotatable bonds is 2. The lowest BCUT2D eigenvalue weighted by molar-refractivity contribution is -0.174. The summed E-state index contributed by atoms with van der Waals surface area (Å²) >= 11 is 0. The summed E-state index contributed by atoms with van der Waals surface area (Å²) in [6.45, 7) is 8.54. The van der Waals surface area contributed by atoms with Crippen molar-refractivity contribution in [2.75, 3.05) is 0 Å². The molecule has 0 aromatic carbocycles. The van der Waals surface area contributed by atoms with E-state index in [0.29, 0.717) is 6.42 Å². The number of fused-ring (bicyclic) bond motifs is 5. The summed E-state index contributed by atoms with van der Waals surface area (Å²) in [5, 5.41) is 11.5. The van der Waals surface area contributed by atoms with Crippen LogP contribution in [-0.4, -0.2) is 34.0 Å². The van der Waals surface area contributed by atoms with Crippen LogP contribution >= 0.6 is 0 Å². The second-order valence-corrected chi connectivity index (χ2v) is 10.6. The Bertz CT molecular complexity index is 873. The van der Waals surface area contributed by atoms with E-state index < -0.39 is 22.4 Å². The van der Waals surface area contributed by atoms with Gasteiger partial charge in [0.05, 0.1) is 0 Å². The highest BCUT2D eigenvalue weighted by Crippen LogP contribution is 2.67. The van der Waals surface area contributed by atoms with Gasteiger partial charge >= 0.3 is 5.97 Å². The molecule has 0 spiro atoms. The van der Waals surface area contributed by atoms with Crippen LogP contribution in [0, 0.1) is 40.4 Å². The summed E-state index contributed by atoms with van der Waals surface area (Å²) < 4.78 is 5.20. The van der Waals surface area contributed by atoms with Gasteiger partial charge in [0.2, 0.25) is 0 Å². The summed E-state index contributed by atoms with van der Waals surface area (Å²) in [5.41, 5.74) is -2.83. The topological polar surface area (TPSA) is 97.7 Å². The minimum absolute atomic E-state index is 0.0318. The van der Waals surface area contributed by atoms with Crippen LogP contribution in [0.2, 0.25) is 0 Å². The number of ketones is 3. The number of carbonyl (C=O) groups is 4. The van der Waals surface area contributed by atoms with Gasteiger partial charge in [0.1, 0.15) is 11.4 Å². The van der Waals surface area contributed by atoms with E-state index in [2.05, 4.69) is 0 Å². The highest BCUT2D eigenvalue weighted by molar-refractivity contribution is 5.97. The highest BCUT2D eigenvalue weighted by atomic mass is 16.5. The fraction of sp³-hybridized carbons (Fsp3) is 0.750. The van der Waals surface area contributed by atoms with E-state index in [1.807, 2.05) is 20.8 Å². The third kappa shape index (κ3) is 2.58.